The fourth-order valence-electron chi connectivity index (χ4n) is 2.28. The SMILES string of the molecule is N#CNC(=NCCF)NC(Cc1ccccc1)c1ccccc1. The summed E-state index contributed by atoms with van der Waals surface area (Å²) in [7, 11) is 0. The van der Waals surface area contributed by atoms with E-state index in [-0.39, 0.29) is 18.5 Å². The fraction of sp³-hybridized carbons (Fsp3) is 0.222. The molecule has 0 fully saturated rings. The number of alkyl halides is 1. The van der Waals surface area contributed by atoms with Crippen LogP contribution in [0.5, 0.6) is 0 Å². The van der Waals surface area contributed by atoms with Gasteiger partial charge in [-0.15, -0.1) is 0 Å². The number of guanidine groups is 1. The van der Waals surface area contributed by atoms with Crippen molar-refractivity contribution in [1.82, 2.24) is 10.6 Å². The van der Waals surface area contributed by atoms with Crippen LogP contribution in [0.1, 0.15) is 17.2 Å². The molecule has 23 heavy (non-hydrogen) atoms. The maximum absolute atomic E-state index is 12.4. The number of nitrogens with zero attached hydrogens (tertiary/aromatic N) is 2. The van der Waals surface area contributed by atoms with Crippen molar-refractivity contribution >= 4 is 5.96 Å². The first-order valence-corrected chi connectivity index (χ1v) is 7.44. The molecule has 0 aliphatic carbocycles. The first-order chi connectivity index (χ1) is 11.3. The van der Waals surface area contributed by atoms with Crippen LogP contribution in [-0.2, 0) is 6.42 Å². The van der Waals surface area contributed by atoms with Crippen LogP contribution in [0.2, 0.25) is 0 Å². The summed E-state index contributed by atoms with van der Waals surface area (Å²) in [5, 5.41) is 14.5. The number of nitriles is 1. The highest BCUT2D eigenvalue weighted by molar-refractivity contribution is 5.81. The van der Waals surface area contributed by atoms with Gasteiger partial charge >= 0.3 is 0 Å². The standard InChI is InChI=1S/C18H19FN4/c19-11-12-21-18(22-14-20)23-17(16-9-5-2-6-10-16)13-15-7-3-1-4-8-15/h1-10,17H,11-13H2,(H2,21,22,23). The van der Waals surface area contributed by atoms with E-state index in [2.05, 4.69) is 15.6 Å². The minimum absolute atomic E-state index is 0.0177. The molecule has 0 bridgehead atoms. The summed E-state index contributed by atoms with van der Waals surface area (Å²) >= 11 is 0. The summed E-state index contributed by atoms with van der Waals surface area (Å²) in [5.74, 6) is 0.287. The van der Waals surface area contributed by atoms with Crippen molar-refractivity contribution in [3.05, 3.63) is 71.8 Å². The molecule has 5 heteroatoms. The lowest BCUT2D eigenvalue weighted by Gasteiger charge is -2.21. The van der Waals surface area contributed by atoms with E-state index in [9.17, 15) is 4.39 Å². The van der Waals surface area contributed by atoms with Gasteiger partial charge in [0.1, 0.15) is 6.67 Å². The number of benzene rings is 2. The van der Waals surface area contributed by atoms with Gasteiger partial charge in [-0.25, -0.2) is 9.38 Å². The van der Waals surface area contributed by atoms with Crippen molar-refractivity contribution in [2.45, 2.75) is 12.5 Å². The van der Waals surface area contributed by atoms with Gasteiger partial charge in [-0.2, -0.15) is 5.26 Å². The normalized spacial score (nSPS) is 12.3. The van der Waals surface area contributed by atoms with Gasteiger partial charge in [0.25, 0.3) is 0 Å². The summed E-state index contributed by atoms with van der Waals surface area (Å²) < 4.78 is 12.4. The lowest BCUT2D eigenvalue weighted by atomic mass is 9.99. The van der Waals surface area contributed by atoms with Gasteiger partial charge in [0.05, 0.1) is 12.6 Å². The number of nitrogens with one attached hydrogen (secondary N) is 2. The summed E-state index contributed by atoms with van der Waals surface area (Å²) in [6, 6.07) is 19.9. The van der Waals surface area contributed by atoms with Crippen LogP contribution in [0.4, 0.5) is 4.39 Å². The zero-order valence-electron chi connectivity index (χ0n) is 12.7. The predicted octanol–water partition coefficient (Wildman–Crippen LogP) is 2.96. The molecule has 2 aromatic rings. The van der Waals surface area contributed by atoms with Gasteiger partial charge < -0.3 is 5.32 Å². The molecule has 2 rings (SSSR count). The second-order valence-electron chi connectivity index (χ2n) is 4.95. The lowest BCUT2D eigenvalue weighted by Crippen LogP contribution is -2.38. The largest absolute Gasteiger partial charge is 0.348 e. The zero-order valence-corrected chi connectivity index (χ0v) is 12.7. The molecule has 0 amide bonds. The van der Waals surface area contributed by atoms with Crippen molar-refractivity contribution in [3.8, 4) is 6.19 Å². The Kier molecular flexibility index (Phi) is 6.61. The highest BCUT2D eigenvalue weighted by Crippen LogP contribution is 2.18. The Morgan fingerprint density at radius 2 is 1.74 bits per heavy atom. The summed E-state index contributed by atoms with van der Waals surface area (Å²) in [5.41, 5.74) is 2.24. The van der Waals surface area contributed by atoms with E-state index in [4.69, 9.17) is 5.26 Å². The molecule has 0 aliphatic heterocycles. The molecular weight excluding hydrogens is 291 g/mol. The monoisotopic (exact) mass is 310 g/mol. The van der Waals surface area contributed by atoms with E-state index in [0.717, 1.165) is 17.5 Å². The number of hydrogen-bond donors (Lipinski definition) is 2. The second-order valence-corrected chi connectivity index (χ2v) is 4.95. The Labute approximate surface area is 135 Å². The van der Waals surface area contributed by atoms with Gasteiger partial charge in [-0.3, -0.25) is 5.32 Å². The highest BCUT2D eigenvalue weighted by Gasteiger charge is 2.14. The number of rotatable bonds is 6. The van der Waals surface area contributed by atoms with Crippen LogP contribution in [0.3, 0.4) is 0 Å². The van der Waals surface area contributed by atoms with E-state index in [1.54, 1.807) is 0 Å². The average Bonchev–Trinajstić information content (AvgIpc) is 2.61. The molecule has 4 nitrogen and oxygen atoms in total. The molecule has 1 atom stereocenters. The van der Waals surface area contributed by atoms with Gasteiger partial charge in [0, 0.05) is 0 Å². The van der Waals surface area contributed by atoms with Crippen molar-refractivity contribution < 1.29 is 4.39 Å². The Morgan fingerprint density at radius 3 is 2.35 bits per heavy atom. The average molecular weight is 310 g/mol. The van der Waals surface area contributed by atoms with Crippen LogP contribution in [0.15, 0.2) is 65.7 Å². The van der Waals surface area contributed by atoms with E-state index in [1.165, 1.54) is 0 Å². The van der Waals surface area contributed by atoms with E-state index in [0.29, 0.717) is 0 Å². The molecule has 2 N–H and O–H groups in total. The van der Waals surface area contributed by atoms with E-state index in [1.807, 2.05) is 66.9 Å². The Hall–Kier alpha value is -2.87. The van der Waals surface area contributed by atoms with E-state index < -0.39 is 6.67 Å². The molecule has 0 aliphatic rings. The van der Waals surface area contributed by atoms with Gasteiger partial charge in [-0.1, -0.05) is 60.7 Å². The van der Waals surface area contributed by atoms with Crippen molar-refractivity contribution in [2.24, 2.45) is 4.99 Å². The minimum atomic E-state index is -0.563. The lowest BCUT2D eigenvalue weighted by molar-refractivity contribution is 0.503. The first kappa shape index (κ1) is 16.5. The third-order valence-corrected chi connectivity index (χ3v) is 3.32. The quantitative estimate of drug-likeness (QED) is 0.373. The minimum Gasteiger partial charge on any atom is -0.348 e. The number of halogens is 1. The maximum atomic E-state index is 12.4. The van der Waals surface area contributed by atoms with Crippen LogP contribution in [0, 0.1) is 11.5 Å². The van der Waals surface area contributed by atoms with Crippen molar-refractivity contribution in [2.75, 3.05) is 13.2 Å². The molecule has 118 valence electrons. The highest BCUT2D eigenvalue weighted by atomic mass is 19.1. The zero-order chi connectivity index (χ0) is 16.3. The molecule has 1 unspecified atom stereocenters. The summed E-state index contributed by atoms with van der Waals surface area (Å²) in [6.45, 7) is -0.545. The molecular formula is C18H19FN4. The van der Waals surface area contributed by atoms with Crippen LogP contribution in [0.25, 0.3) is 0 Å². The van der Waals surface area contributed by atoms with Crippen molar-refractivity contribution in [3.63, 3.8) is 0 Å². The summed E-state index contributed by atoms with van der Waals surface area (Å²) in [4.78, 5) is 4.04. The van der Waals surface area contributed by atoms with Gasteiger partial charge in [0.2, 0.25) is 5.96 Å². The summed E-state index contributed by atoms with van der Waals surface area (Å²) in [6.07, 6.45) is 2.56. The molecule has 0 spiro atoms. The molecule has 0 aromatic heterocycles. The smallest absolute Gasteiger partial charge is 0.205 e. The van der Waals surface area contributed by atoms with Crippen LogP contribution >= 0.6 is 0 Å². The van der Waals surface area contributed by atoms with Gasteiger partial charge in [-0.05, 0) is 17.5 Å². The second kappa shape index (κ2) is 9.21. The molecule has 2 aromatic carbocycles. The third kappa shape index (κ3) is 5.44. The third-order valence-electron chi connectivity index (χ3n) is 3.32. The van der Waals surface area contributed by atoms with Gasteiger partial charge in [0.15, 0.2) is 6.19 Å². The predicted molar refractivity (Wildman–Crippen MR) is 89.5 cm³/mol. The Morgan fingerprint density at radius 1 is 1.09 bits per heavy atom. The first-order valence-electron chi connectivity index (χ1n) is 7.44. The van der Waals surface area contributed by atoms with E-state index >= 15 is 0 Å². The molecule has 0 saturated heterocycles. The topological polar surface area (TPSA) is 60.2 Å². The van der Waals surface area contributed by atoms with Crippen LogP contribution < -0.4 is 10.6 Å². The molecule has 0 radical (unpaired) electrons. The number of aliphatic imine (C=N–C) groups is 1. The Bertz CT molecular complexity index is 650. The fourth-order valence-corrected chi connectivity index (χ4v) is 2.28. The molecule has 0 saturated carbocycles. The maximum Gasteiger partial charge on any atom is 0.205 e. The van der Waals surface area contributed by atoms with Crippen LogP contribution in [-0.4, -0.2) is 19.2 Å². The molecule has 0 heterocycles. The Balaban J connectivity index is 2.21. The van der Waals surface area contributed by atoms with Crippen molar-refractivity contribution in [1.29, 1.82) is 5.26 Å². The number of hydrogen-bond acceptors (Lipinski definition) is 2.